The van der Waals surface area contributed by atoms with Gasteiger partial charge < -0.3 is 10.2 Å². The Morgan fingerprint density at radius 1 is 0.882 bits per heavy atom. The first kappa shape index (κ1) is 20.4. The van der Waals surface area contributed by atoms with Crippen LogP contribution in [0, 0.1) is 6.92 Å². The zero-order valence-corrected chi connectivity index (χ0v) is 19.3. The molecular formula is C28H21N3O2S. The minimum absolute atomic E-state index is 0.110. The Morgan fingerprint density at radius 2 is 1.65 bits per heavy atom. The molecule has 0 saturated heterocycles. The molecule has 0 aliphatic heterocycles. The van der Waals surface area contributed by atoms with E-state index in [9.17, 15) is 10.2 Å². The van der Waals surface area contributed by atoms with Gasteiger partial charge in [-0.25, -0.2) is 9.97 Å². The summed E-state index contributed by atoms with van der Waals surface area (Å²) in [5.74, 6) is 0.304. The fraction of sp³-hybridized carbons (Fsp3) is 0.0714. The zero-order chi connectivity index (χ0) is 23.2. The average Bonchev–Trinajstić information content (AvgIpc) is 3.42. The van der Waals surface area contributed by atoms with Gasteiger partial charge in [0.1, 0.15) is 17.1 Å². The summed E-state index contributed by atoms with van der Waals surface area (Å²) in [7, 11) is 0. The van der Waals surface area contributed by atoms with Crippen LogP contribution in [0.1, 0.15) is 16.8 Å². The van der Waals surface area contributed by atoms with Gasteiger partial charge in [-0.3, -0.25) is 4.40 Å². The highest BCUT2D eigenvalue weighted by Crippen LogP contribution is 2.37. The van der Waals surface area contributed by atoms with Crippen molar-refractivity contribution in [1.29, 1.82) is 0 Å². The molecule has 3 aromatic heterocycles. The summed E-state index contributed by atoms with van der Waals surface area (Å²) in [6.45, 7) is 2.06. The lowest BCUT2D eigenvalue weighted by Gasteiger charge is -2.08. The zero-order valence-electron chi connectivity index (χ0n) is 18.4. The third-order valence-corrected chi connectivity index (χ3v) is 7.01. The lowest BCUT2D eigenvalue weighted by atomic mass is 10.1. The molecule has 166 valence electrons. The number of nitrogens with zero attached hydrogens (tertiary/aromatic N) is 3. The number of hydrogen-bond acceptors (Lipinski definition) is 5. The molecule has 0 aliphatic carbocycles. The fourth-order valence-corrected chi connectivity index (χ4v) is 5.16. The summed E-state index contributed by atoms with van der Waals surface area (Å²) >= 11 is 1.66. The fourth-order valence-electron chi connectivity index (χ4n) is 4.21. The van der Waals surface area contributed by atoms with Crippen LogP contribution in [0.5, 0.6) is 11.6 Å². The maximum atomic E-state index is 11.2. The van der Waals surface area contributed by atoms with Gasteiger partial charge in [-0.05, 0) is 42.8 Å². The number of aromatic hydroxyl groups is 2. The number of thiophene rings is 1. The molecule has 0 fully saturated rings. The molecule has 0 spiro atoms. The lowest BCUT2D eigenvalue weighted by Crippen LogP contribution is -1.96. The van der Waals surface area contributed by atoms with Crippen molar-refractivity contribution in [3.05, 3.63) is 101 Å². The second kappa shape index (κ2) is 8.01. The number of benzene rings is 3. The molecular weight excluding hydrogens is 442 g/mol. The third kappa shape index (κ3) is 3.49. The number of rotatable bonds is 4. The Balaban J connectivity index is 1.58. The Labute approximate surface area is 200 Å². The average molecular weight is 464 g/mol. The lowest BCUT2D eigenvalue weighted by molar-refractivity contribution is 0.442. The van der Waals surface area contributed by atoms with Gasteiger partial charge in [0.25, 0.3) is 0 Å². The topological polar surface area (TPSA) is 70.7 Å². The Kier molecular flexibility index (Phi) is 4.81. The first-order chi connectivity index (χ1) is 16.6. The van der Waals surface area contributed by atoms with Gasteiger partial charge in [0.15, 0.2) is 5.65 Å². The van der Waals surface area contributed by atoms with Crippen LogP contribution < -0.4 is 0 Å². The van der Waals surface area contributed by atoms with Crippen molar-refractivity contribution in [2.45, 2.75) is 13.3 Å². The second-order valence-electron chi connectivity index (χ2n) is 8.41. The molecule has 6 aromatic rings. The molecule has 5 nitrogen and oxygen atoms in total. The van der Waals surface area contributed by atoms with Crippen LogP contribution in [0.15, 0.2) is 84.4 Å². The maximum absolute atomic E-state index is 11.2. The van der Waals surface area contributed by atoms with E-state index >= 15 is 0 Å². The molecule has 0 bridgehead atoms. The smallest absolute Gasteiger partial charge is 0.219 e. The monoisotopic (exact) mass is 463 g/mol. The van der Waals surface area contributed by atoms with E-state index in [-0.39, 0.29) is 11.6 Å². The first-order valence-corrected chi connectivity index (χ1v) is 11.9. The molecule has 0 saturated carbocycles. The van der Waals surface area contributed by atoms with Crippen LogP contribution in [-0.2, 0) is 6.42 Å². The standard InChI is InChI=1S/C28H21N3O2S/c1-17-6-8-18(9-7-17)14-23-28(33)31-15-24(19-10-12-20(32)13-11-19)29-26(27(31)30-23)22-16-34-25-5-3-2-4-21(22)25/h2-13,15-16,32-33H,14H2,1H3. The number of fused-ring (bicyclic) bond motifs is 2. The molecule has 0 aliphatic rings. The van der Waals surface area contributed by atoms with Crippen molar-refractivity contribution < 1.29 is 10.2 Å². The summed E-state index contributed by atoms with van der Waals surface area (Å²) in [4.78, 5) is 9.85. The van der Waals surface area contributed by atoms with Crippen LogP contribution in [0.2, 0.25) is 0 Å². The molecule has 3 heterocycles. The van der Waals surface area contributed by atoms with Crippen LogP contribution in [0.3, 0.4) is 0 Å². The van der Waals surface area contributed by atoms with Crippen molar-refractivity contribution in [1.82, 2.24) is 14.4 Å². The van der Waals surface area contributed by atoms with Gasteiger partial charge in [-0.15, -0.1) is 11.3 Å². The minimum atomic E-state index is 0.110. The van der Waals surface area contributed by atoms with Gasteiger partial charge >= 0.3 is 0 Å². The molecule has 0 radical (unpaired) electrons. The molecule has 0 atom stereocenters. The molecule has 3 aromatic carbocycles. The Morgan fingerprint density at radius 3 is 2.44 bits per heavy atom. The molecule has 0 amide bonds. The summed E-state index contributed by atoms with van der Waals surface area (Å²) in [6.07, 6.45) is 2.33. The van der Waals surface area contributed by atoms with Crippen LogP contribution in [0.25, 0.3) is 38.2 Å². The van der Waals surface area contributed by atoms with Crippen molar-refractivity contribution in [3.8, 4) is 34.1 Å². The maximum Gasteiger partial charge on any atom is 0.219 e. The third-order valence-electron chi connectivity index (χ3n) is 6.04. The quantitative estimate of drug-likeness (QED) is 0.309. The van der Waals surface area contributed by atoms with Crippen molar-refractivity contribution in [3.63, 3.8) is 0 Å². The predicted molar refractivity (Wildman–Crippen MR) is 137 cm³/mol. The van der Waals surface area contributed by atoms with Gasteiger partial charge in [-0.2, -0.15) is 0 Å². The van der Waals surface area contributed by atoms with Gasteiger partial charge in [0.05, 0.1) is 5.69 Å². The number of imidazole rings is 1. The summed E-state index contributed by atoms with van der Waals surface area (Å²) in [5.41, 5.74) is 6.73. The van der Waals surface area contributed by atoms with Crippen molar-refractivity contribution in [2.24, 2.45) is 0 Å². The highest BCUT2D eigenvalue weighted by atomic mass is 32.1. The van der Waals surface area contributed by atoms with E-state index in [0.717, 1.165) is 22.1 Å². The largest absolute Gasteiger partial charge is 0.508 e. The number of phenols is 1. The van der Waals surface area contributed by atoms with Gasteiger partial charge in [-0.1, -0.05) is 48.0 Å². The van der Waals surface area contributed by atoms with Gasteiger partial charge in [0.2, 0.25) is 5.88 Å². The number of phenolic OH excluding ortho intramolecular Hbond substituents is 1. The SMILES string of the molecule is Cc1ccc(Cc2nc3c(-c4csc5ccccc45)nc(-c4ccc(O)cc4)cn3c2O)cc1. The highest BCUT2D eigenvalue weighted by Gasteiger charge is 2.20. The summed E-state index contributed by atoms with van der Waals surface area (Å²) in [5, 5.41) is 24.1. The van der Waals surface area contributed by atoms with Crippen LogP contribution >= 0.6 is 11.3 Å². The normalized spacial score (nSPS) is 11.4. The van der Waals surface area contributed by atoms with E-state index in [4.69, 9.17) is 9.97 Å². The minimum Gasteiger partial charge on any atom is -0.508 e. The highest BCUT2D eigenvalue weighted by molar-refractivity contribution is 7.17. The van der Waals surface area contributed by atoms with E-state index in [1.807, 2.05) is 24.3 Å². The molecule has 6 heteroatoms. The van der Waals surface area contributed by atoms with E-state index in [0.29, 0.717) is 29.1 Å². The van der Waals surface area contributed by atoms with E-state index in [1.165, 1.54) is 10.3 Å². The second-order valence-corrected chi connectivity index (χ2v) is 9.32. The van der Waals surface area contributed by atoms with E-state index in [1.54, 1.807) is 34.1 Å². The van der Waals surface area contributed by atoms with E-state index in [2.05, 4.69) is 48.7 Å². The van der Waals surface area contributed by atoms with Crippen LogP contribution in [-0.4, -0.2) is 24.6 Å². The van der Waals surface area contributed by atoms with Crippen LogP contribution in [0.4, 0.5) is 0 Å². The molecule has 0 unspecified atom stereocenters. The number of hydrogen-bond donors (Lipinski definition) is 2. The number of aryl methyl sites for hydroxylation is 1. The van der Waals surface area contributed by atoms with Crippen molar-refractivity contribution in [2.75, 3.05) is 0 Å². The summed E-state index contributed by atoms with van der Waals surface area (Å²) in [6, 6.07) is 23.4. The molecule has 2 N–H and O–H groups in total. The van der Waals surface area contributed by atoms with Gasteiger partial charge in [0, 0.05) is 39.2 Å². The Hall–Kier alpha value is -4.16. The summed E-state index contributed by atoms with van der Waals surface area (Å²) < 4.78 is 2.89. The van der Waals surface area contributed by atoms with E-state index < -0.39 is 0 Å². The predicted octanol–water partition coefficient (Wildman–Crippen LogP) is 6.59. The molecule has 6 rings (SSSR count). The molecule has 34 heavy (non-hydrogen) atoms. The number of aromatic nitrogens is 3. The Bertz CT molecular complexity index is 1650. The van der Waals surface area contributed by atoms with Crippen molar-refractivity contribution >= 4 is 27.1 Å². The first-order valence-electron chi connectivity index (χ1n) is 11.0.